The van der Waals surface area contributed by atoms with Crippen LogP contribution in [0.25, 0.3) is 0 Å². The Morgan fingerprint density at radius 2 is 2.24 bits per heavy atom. The molecule has 1 saturated heterocycles. The van der Waals surface area contributed by atoms with Gasteiger partial charge in [-0.3, -0.25) is 9.69 Å². The molecular weight excluding hydrogens is 286 g/mol. The van der Waals surface area contributed by atoms with Crippen LogP contribution < -0.4 is 11.1 Å². The molecule has 0 aliphatic carbocycles. The number of amides is 1. The van der Waals surface area contributed by atoms with Crippen molar-refractivity contribution in [2.75, 3.05) is 19.6 Å². The lowest BCUT2D eigenvalue weighted by Gasteiger charge is -2.38. The molecule has 116 valence electrons. The van der Waals surface area contributed by atoms with E-state index in [9.17, 15) is 4.79 Å². The molecular formula is C16H24ClN3O. The van der Waals surface area contributed by atoms with Crippen LogP contribution in [0.5, 0.6) is 0 Å². The average molecular weight is 310 g/mol. The van der Waals surface area contributed by atoms with Crippen molar-refractivity contribution in [2.45, 2.75) is 32.4 Å². The van der Waals surface area contributed by atoms with Gasteiger partial charge in [0.2, 0.25) is 5.91 Å². The molecule has 2 rings (SSSR count). The van der Waals surface area contributed by atoms with Crippen LogP contribution in [0, 0.1) is 5.92 Å². The summed E-state index contributed by atoms with van der Waals surface area (Å²) in [6.45, 7) is 4.65. The highest BCUT2D eigenvalue weighted by molar-refractivity contribution is 6.31. The third kappa shape index (κ3) is 4.43. The maximum absolute atomic E-state index is 12.1. The first-order valence-corrected chi connectivity index (χ1v) is 7.94. The molecule has 1 aliphatic heterocycles. The van der Waals surface area contributed by atoms with Crippen LogP contribution in [0.1, 0.15) is 25.3 Å². The summed E-state index contributed by atoms with van der Waals surface area (Å²) in [5.74, 6) is 0.586. The van der Waals surface area contributed by atoms with Crippen molar-refractivity contribution in [3.63, 3.8) is 0 Å². The Morgan fingerprint density at radius 1 is 1.48 bits per heavy atom. The molecule has 0 spiro atoms. The van der Waals surface area contributed by atoms with E-state index in [-0.39, 0.29) is 5.91 Å². The Morgan fingerprint density at radius 3 is 2.95 bits per heavy atom. The van der Waals surface area contributed by atoms with Gasteiger partial charge in [0, 0.05) is 24.2 Å². The molecule has 1 aromatic rings. The summed E-state index contributed by atoms with van der Waals surface area (Å²) in [6.07, 6.45) is 2.33. The summed E-state index contributed by atoms with van der Waals surface area (Å²) < 4.78 is 0. The van der Waals surface area contributed by atoms with Gasteiger partial charge in [0.1, 0.15) is 0 Å². The number of likely N-dealkylation sites (tertiary alicyclic amines) is 1. The van der Waals surface area contributed by atoms with Crippen LogP contribution in [-0.2, 0) is 11.3 Å². The number of nitrogens with zero attached hydrogens (tertiary/aromatic N) is 1. The lowest BCUT2D eigenvalue weighted by atomic mass is 9.91. The Balaban J connectivity index is 1.85. The minimum atomic E-state index is 0.0301. The van der Waals surface area contributed by atoms with Gasteiger partial charge in [-0.25, -0.2) is 0 Å². The van der Waals surface area contributed by atoms with E-state index in [1.165, 1.54) is 6.42 Å². The Labute approximate surface area is 131 Å². The number of carbonyl (C=O) groups is 1. The van der Waals surface area contributed by atoms with Gasteiger partial charge in [-0.1, -0.05) is 36.7 Å². The zero-order valence-corrected chi connectivity index (χ0v) is 13.3. The lowest BCUT2D eigenvalue weighted by Crippen LogP contribution is -2.51. The second-order valence-corrected chi connectivity index (χ2v) is 6.17. The van der Waals surface area contributed by atoms with E-state index >= 15 is 0 Å². The Hall–Kier alpha value is -1.10. The number of benzene rings is 1. The predicted molar refractivity (Wildman–Crippen MR) is 86.1 cm³/mol. The first-order valence-electron chi connectivity index (χ1n) is 7.56. The van der Waals surface area contributed by atoms with Crippen LogP contribution in [0.15, 0.2) is 24.3 Å². The van der Waals surface area contributed by atoms with Crippen LogP contribution in [0.2, 0.25) is 5.02 Å². The van der Waals surface area contributed by atoms with Gasteiger partial charge >= 0.3 is 0 Å². The largest absolute Gasteiger partial charge is 0.351 e. The molecule has 2 unspecified atom stereocenters. The van der Waals surface area contributed by atoms with Gasteiger partial charge in [-0.05, 0) is 36.9 Å². The second kappa shape index (κ2) is 7.78. The van der Waals surface area contributed by atoms with E-state index in [2.05, 4.69) is 17.1 Å². The number of carbonyl (C=O) groups excluding carboxylic acids is 1. The third-order valence-corrected chi connectivity index (χ3v) is 4.62. The molecule has 1 heterocycles. The lowest BCUT2D eigenvalue weighted by molar-refractivity contribution is -0.123. The fourth-order valence-corrected chi connectivity index (χ4v) is 3.19. The molecule has 1 amide bonds. The van der Waals surface area contributed by atoms with E-state index in [0.29, 0.717) is 36.6 Å². The van der Waals surface area contributed by atoms with Crippen LogP contribution >= 0.6 is 11.6 Å². The zero-order chi connectivity index (χ0) is 15.2. The van der Waals surface area contributed by atoms with Gasteiger partial charge in [-0.15, -0.1) is 0 Å². The number of halogens is 1. The van der Waals surface area contributed by atoms with Crippen molar-refractivity contribution in [3.8, 4) is 0 Å². The summed E-state index contributed by atoms with van der Waals surface area (Å²) in [7, 11) is 0. The monoisotopic (exact) mass is 309 g/mol. The first kappa shape index (κ1) is 16.3. The van der Waals surface area contributed by atoms with Crippen molar-refractivity contribution >= 4 is 17.5 Å². The predicted octanol–water partition coefficient (Wildman–Crippen LogP) is 2.02. The number of nitrogens with two attached hydrogens (primary N) is 1. The van der Waals surface area contributed by atoms with E-state index in [1.54, 1.807) is 0 Å². The summed E-state index contributed by atoms with van der Waals surface area (Å²) in [6, 6.07) is 7.87. The molecule has 3 N–H and O–H groups in total. The number of hydrogen-bond acceptors (Lipinski definition) is 3. The van der Waals surface area contributed by atoms with Gasteiger partial charge in [0.15, 0.2) is 0 Å². The van der Waals surface area contributed by atoms with Crippen molar-refractivity contribution in [1.29, 1.82) is 0 Å². The van der Waals surface area contributed by atoms with Crippen molar-refractivity contribution in [1.82, 2.24) is 10.2 Å². The van der Waals surface area contributed by atoms with Crippen molar-refractivity contribution in [2.24, 2.45) is 11.7 Å². The molecule has 0 saturated carbocycles. The summed E-state index contributed by atoms with van der Waals surface area (Å²) in [4.78, 5) is 14.3. The van der Waals surface area contributed by atoms with Crippen LogP contribution in [0.4, 0.5) is 0 Å². The quantitative estimate of drug-likeness (QED) is 0.875. The highest BCUT2D eigenvalue weighted by Gasteiger charge is 2.28. The molecule has 0 radical (unpaired) electrons. The maximum atomic E-state index is 12.1. The molecule has 1 aliphatic rings. The average Bonchev–Trinajstić information content (AvgIpc) is 2.47. The molecule has 1 fully saturated rings. The summed E-state index contributed by atoms with van der Waals surface area (Å²) in [5, 5.41) is 3.63. The molecule has 0 bridgehead atoms. The van der Waals surface area contributed by atoms with E-state index < -0.39 is 0 Å². The molecule has 4 nitrogen and oxygen atoms in total. The SMILES string of the molecule is CC1CCCN(CC(=O)NCc2ccccc2Cl)C1CN. The van der Waals surface area contributed by atoms with E-state index in [0.717, 1.165) is 18.5 Å². The molecule has 2 atom stereocenters. The van der Waals surface area contributed by atoms with Gasteiger partial charge in [0.25, 0.3) is 0 Å². The fraction of sp³-hybridized carbons (Fsp3) is 0.562. The molecule has 0 aromatic heterocycles. The number of hydrogen-bond donors (Lipinski definition) is 2. The summed E-state index contributed by atoms with van der Waals surface area (Å²) in [5.41, 5.74) is 6.79. The minimum absolute atomic E-state index is 0.0301. The first-order chi connectivity index (χ1) is 10.1. The third-order valence-electron chi connectivity index (χ3n) is 4.25. The molecule has 1 aromatic carbocycles. The van der Waals surface area contributed by atoms with E-state index in [1.807, 2.05) is 24.3 Å². The fourth-order valence-electron chi connectivity index (χ4n) is 2.99. The van der Waals surface area contributed by atoms with Gasteiger partial charge in [-0.2, -0.15) is 0 Å². The van der Waals surface area contributed by atoms with Gasteiger partial charge in [0.05, 0.1) is 6.54 Å². The smallest absolute Gasteiger partial charge is 0.234 e. The highest BCUT2D eigenvalue weighted by Crippen LogP contribution is 2.22. The molecule has 5 heteroatoms. The number of rotatable bonds is 5. The minimum Gasteiger partial charge on any atom is -0.351 e. The zero-order valence-electron chi connectivity index (χ0n) is 12.5. The Bertz CT molecular complexity index is 480. The topological polar surface area (TPSA) is 58.4 Å². The normalized spacial score (nSPS) is 23.0. The Kier molecular flexibility index (Phi) is 6.03. The maximum Gasteiger partial charge on any atom is 0.234 e. The van der Waals surface area contributed by atoms with Crippen molar-refractivity contribution in [3.05, 3.63) is 34.9 Å². The highest BCUT2D eigenvalue weighted by atomic mass is 35.5. The van der Waals surface area contributed by atoms with Crippen LogP contribution in [0.3, 0.4) is 0 Å². The standard InChI is InChI=1S/C16H24ClN3O/c1-12-5-4-8-20(15(12)9-18)11-16(21)19-10-13-6-2-3-7-14(13)17/h2-3,6-7,12,15H,4-5,8-11,18H2,1H3,(H,19,21). The van der Waals surface area contributed by atoms with Crippen molar-refractivity contribution < 1.29 is 4.79 Å². The second-order valence-electron chi connectivity index (χ2n) is 5.76. The molecule has 21 heavy (non-hydrogen) atoms. The summed E-state index contributed by atoms with van der Waals surface area (Å²) >= 11 is 6.09. The number of nitrogens with one attached hydrogen (secondary N) is 1. The van der Waals surface area contributed by atoms with E-state index in [4.69, 9.17) is 17.3 Å². The van der Waals surface area contributed by atoms with Gasteiger partial charge < -0.3 is 11.1 Å². The number of piperidine rings is 1. The van der Waals surface area contributed by atoms with Crippen LogP contribution in [-0.4, -0.2) is 36.5 Å².